The summed E-state index contributed by atoms with van der Waals surface area (Å²) in [5.74, 6) is 7.44. The fraction of sp³-hybridized carbons (Fsp3) is 0.489. The number of nitrogens with zero attached hydrogens (tertiary/aromatic N) is 4. The molecule has 0 radical (unpaired) electrons. The van der Waals surface area contributed by atoms with Gasteiger partial charge in [-0.05, 0) is 84.2 Å². The summed E-state index contributed by atoms with van der Waals surface area (Å²) in [4.78, 5) is 72.4. The average Bonchev–Trinajstić information content (AvgIpc) is 3.74. The number of nitrogens with one attached hydrogen (secondary N) is 4. The largest absolute Gasteiger partial charge is 0.453 e. The Morgan fingerprint density at radius 2 is 1.11 bits per heavy atom. The molecule has 322 valence electrons. The number of alkyl carbamates (subject to hydrolysis) is 2. The van der Waals surface area contributed by atoms with Crippen molar-refractivity contribution in [1.82, 2.24) is 40.4 Å². The van der Waals surface area contributed by atoms with Crippen LogP contribution in [0.3, 0.4) is 0 Å². The molecule has 7 rings (SSSR count). The third-order valence-corrected chi connectivity index (χ3v) is 13.1. The normalized spacial score (nSPS) is 23.5. The van der Waals surface area contributed by atoms with Crippen molar-refractivity contribution in [2.75, 3.05) is 14.2 Å². The number of carbonyl (C=O) groups excluding carboxylic acids is 4. The zero-order valence-corrected chi connectivity index (χ0v) is 36.8. The number of carbonyl (C=O) groups is 4. The summed E-state index contributed by atoms with van der Waals surface area (Å²) in [6.45, 7) is 16.2. The predicted molar refractivity (Wildman–Crippen MR) is 231 cm³/mol. The maximum Gasteiger partial charge on any atom is 0.407 e. The summed E-state index contributed by atoms with van der Waals surface area (Å²) < 4.78 is 9.63. The van der Waals surface area contributed by atoms with Crippen molar-refractivity contribution in [2.45, 2.75) is 111 Å². The van der Waals surface area contributed by atoms with Crippen LogP contribution in [0.25, 0.3) is 22.5 Å². The Bertz CT molecular complexity index is 2340. The molecular weight excluding hydrogens is 773 g/mol. The molecule has 4 amide bonds. The molecule has 2 aromatic heterocycles. The van der Waals surface area contributed by atoms with Crippen LogP contribution in [0.1, 0.15) is 110 Å². The van der Waals surface area contributed by atoms with Crippen molar-refractivity contribution < 1.29 is 28.7 Å². The molecule has 3 fully saturated rings. The van der Waals surface area contributed by atoms with Crippen molar-refractivity contribution in [1.29, 1.82) is 0 Å². The number of piperidine rings is 1. The zero-order chi connectivity index (χ0) is 44.0. The molecule has 3 aliphatic rings. The number of benzene rings is 2. The highest BCUT2D eigenvalue weighted by atomic mass is 16.5. The van der Waals surface area contributed by atoms with Gasteiger partial charge in [0.2, 0.25) is 11.8 Å². The van der Waals surface area contributed by atoms with E-state index in [1.54, 1.807) is 12.4 Å². The summed E-state index contributed by atoms with van der Waals surface area (Å²) in [5.41, 5.74) is 5.15. The van der Waals surface area contributed by atoms with Crippen LogP contribution in [0.5, 0.6) is 0 Å². The van der Waals surface area contributed by atoms with Crippen molar-refractivity contribution in [3.8, 4) is 34.4 Å². The van der Waals surface area contributed by atoms with Gasteiger partial charge in [0.05, 0.1) is 50.1 Å². The maximum atomic E-state index is 14.0. The van der Waals surface area contributed by atoms with E-state index in [0.29, 0.717) is 12.2 Å². The molecule has 4 heterocycles. The third-order valence-electron chi connectivity index (χ3n) is 13.1. The molecule has 7 atom stereocenters. The molecule has 14 nitrogen and oxygen atoms in total. The fourth-order valence-electron chi connectivity index (χ4n) is 8.95. The van der Waals surface area contributed by atoms with Gasteiger partial charge in [-0.15, -0.1) is 0 Å². The number of ether oxygens (including phenoxy) is 2. The van der Waals surface area contributed by atoms with E-state index in [9.17, 15) is 19.2 Å². The minimum absolute atomic E-state index is 0.0331. The van der Waals surface area contributed by atoms with Crippen molar-refractivity contribution in [2.24, 2.45) is 22.7 Å². The van der Waals surface area contributed by atoms with Gasteiger partial charge in [0.25, 0.3) is 0 Å². The van der Waals surface area contributed by atoms with Gasteiger partial charge in [-0.3, -0.25) is 9.59 Å². The van der Waals surface area contributed by atoms with Gasteiger partial charge in [0, 0.05) is 23.2 Å². The van der Waals surface area contributed by atoms with E-state index in [-0.39, 0.29) is 58.6 Å². The highest BCUT2D eigenvalue weighted by Gasteiger charge is 2.64. The highest BCUT2D eigenvalue weighted by Crippen LogP contribution is 2.63. The van der Waals surface area contributed by atoms with Crippen molar-refractivity contribution in [3.63, 3.8) is 0 Å². The molecule has 0 bridgehead atoms. The SMILES string of the molecule is COC(=O)N[C@H](C(=O)N1[C@@H](C)C(C)(C)C[C@H]1c1ncc(-c2ccc(C#Cc3ccc(-c4cnc([C@@H]5C[C@]6(C)C[C@@H]6N5C(=O)[C@@H](NC(=O)OC)C(C)C)[nH]4)cc3)cc2)[nH]1)C(C)C. The highest BCUT2D eigenvalue weighted by molar-refractivity contribution is 5.88. The molecule has 2 saturated heterocycles. The maximum absolute atomic E-state index is 14.0. The number of imidazole rings is 2. The first kappa shape index (κ1) is 43.0. The van der Waals surface area contributed by atoms with Gasteiger partial charge < -0.3 is 39.9 Å². The second-order valence-corrected chi connectivity index (χ2v) is 18.5. The molecule has 4 aromatic rings. The van der Waals surface area contributed by atoms with Gasteiger partial charge in [0.15, 0.2) is 0 Å². The number of hydrogen-bond donors (Lipinski definition) is 4. The van der Waals surface area contributed by atoms with Crippen molar-refractivity contribution >= 4 is 24.0 Å². The Kier molecular flexibility index (Phi) is 11.8. The lowest BCUT2D eigenvalue weighted by molar-refractivity contribution is -0.138. The Morgan fingerprint density at radius 1 is 0.689 bits per heavy atom. The first-order valence-corrected chi connectivity index (χ1v) is 21.1. The van der Waals surface area contributed by atoms with Crippen molar-refractivity contribution in [3.05, 3.63) is 83.7 Å². The van der Waals surface area contributed by atoms with E-state index in [2.05, 4.69) is 60.1 Å². The number of hydrogen-bond acceptors (Lipinski definition) is 8. The molecule has 2 aliphatic heterocycles. The zero-order valence-electron chi connectivity index (χ0n) is 36.8. The van der Waals surface area contributed by atoms with Crippen LogP contribution in [0.15, 0.2) is 60.9 Å². The van der Waals surface area contributed by atoms with Gasteiger partial charge in [-0.1, -0.05) is 84.6 Å². The third kappa shape index (κ3) is 8.60. The molecule has 4 N–H and O–H groups in total. The van der Waals surface area contributed by atoms with Gasteiger partial charge in [0.1, 0.15) is 23.7 Å². The number of rotatable bonds is 10. The van der Waals surface area contributed by atoms with Gasteiger partial charge in [-0.2, -0.15) is 0 Å². The standard InChI is InChI=1S/C47H58N8O6/c1-26(2)38(52-44(58)60-9)42(56)54-28(5)46(6,7)21-35(54)40-48-24-33(50-40)31-17-13-29(14-18-31)11-12-30-15-19-32(20-16-30)34-25-49-41(51-34)36-22-47(8)23-37(47)55(36)43(57)39(27(3)4)53-45(59)61-10/h13-20,24-28,35-39H,21-23H2,1-10H3,(H,48,50)(H,49,51)(H,52,58)(H,53,59)/t28-,35-,36-,37-,38-,39-,47+/m0/s1. The lowest BCUT2D eigenvalue weighted by Crippen LogP contribution is -2.53. The van der Waals surface area contributed by atoms with Gasteiger partial charge >= 0.3 is 12.2 Å². The van der Waals surface area contributed by atoms with E-state index in [0.717, 1.165) is 52.3 Å². The first-order valence-electron chi connectivity index (χ1n) is 21.1. The monoisotopic (exact) mass is 830 g/mol. The molecule has 2 aromatic carbocycles. The van der Waals surface area contributed by atoms with Crippen LogP contribution in [-0.4, -0.2) is 92.1 Å². The lowest BCUT2D eigenvalue weighted by atomic mass is 9.84. The molecule has 1 saturated carbocycles. The number of methoxy groups -OCH3 is 2. The van der Waals surface area contributed by atoms with Crippen LogP contribution in [-0.2, 0) is 19.1 Å². The minimum Gasteiger partial charge on any atom is -0.453 e. The molecule has 1 aliphatic carbocycles. The van der Waals surface area contributed by atoms with E-state index >= 15 is 0 Å². The first-order chi connectivity index (χ1) is 28.9. The van der Waals surface area contributed by atoms with Crippen LogP contribution in [0.2, 0.25) is 0 Å². The number of fused-ring (bicyclic) bond motifs is 1. The molecular formula is C47H58N8O6. The molecule has 61 heavy (non-hydrogen) atoms. The van der Waals surface area contributed by atoms with Crippen LogP contribution < -0.4 is 10.6 Å². The number of amides is 4. The summed E-state index contributed by atoms with van der Waals surface area (Å²) in [5, 5.41) is 5.48. The second kappa shape index (κ2) is 16.7. The number of H-pyrrole nitrogens is 2. The van der Waals surface area contributed by atoms with Crippen LogP contribution in [0.4, 0.5) is 9.59 Å². The summed E-state index contributed by atoms with van der Waals surface area (Å²) >= 11 is 0. The lowest BCUT2D eigenvalue weighted by Gasteiger charge is -2.35. The topological polar surface area (TPSA) is 175 Å². The van der Waals surface area contributed by atoms with E-state index in [1.807, 2.05) is 86.0 Å². The fourth-order valence-corrected chi connectivity index (χ4v) is 8.95. The van der Waals surface area contributed by atoms with Crippen LogP contribution in [0, 0.1) is 34.5 Å². The second-order valence-electron chi connectivity index (χ2n) is 18.5. The summed E-state index contributed by atoms with van der Waals surface area (Å²) in [6.07, 6.45) is 4.80. The average molecular weight is 831 g/mol. The van der Waals surface area contributed by atoms with Crippen LogP contribution >= 0.6 is 0 Å². The smallest absolute Gasteiger partial charge is 0.407 e. The van der Waals surface area contributed by atoms with E-state index in [4.69, 9.17) is 19.4 Å². The Balaban J connectivity index is 1.01. The minimum atomic E-state index is -0.734. The summed E-state index contributed by atoms with van der Waals surface area (Å²) in [6, 6.07) is 14.0. The van der Waals surface area contributed by atoms with E-state index < -0.39 is 24.3 Å². The van der Waals surface area contributed by atoms with Gasteiger partial charge in [-0.25, -0.2) is 19.6 Å². The number of aromatic amines is 2. The molecule has 0 spiro atoms. The molecule has 14 heteroatoms. The molecule has 0 unspecified atom stereocenters. The quantitative estimate of drug-likeness (QED) is 0.120. The number of likely N-dealkylation sites (tertiary alicyclic amines) is 2. The summed E-state index contributed by atoms with van der Waals surface area (Å²) in [7, 11) is 2.59. The Morgan fingerprint density at radius 3 is 1.54 bits per heavy atom. The number of aromatic nitrogens is 4. The Labute approximate surface area is 358 Å². The Hall–Kier alpha value is -6.10. The predicted octanol–water partition coefficient (Wildman–Crippen LogP) is 7.37. The van der Waals surface area contributed by atoms with E-state index in [1.165, 1.54) is 14.2 Å².